The summed E-state index contributed by atoms with van der Waals surface area (Å²) in [5.41, 5.74) is 2.43. The Morgan fingerprint density at radius 2 is 2.03 bits per heavy atom. The molecule has 1 aliphatic carbocycles. The number of methoxy groups -OCH3 is 2. The molecule has 7 nitrogen and oxygen atoms in total. The summed E-state index contributed by atoms with van der Waals surface area (Å²) < 4.78 is 10.4. The molecule has 1 aromatic heterocycles. The second-order valence-corrected chi connectivity index (χ2v) is 7.66. The fraction of sp³-hybridized carbons (Fsp3) is 0.381. The number of ether oxygens (including phenoxy) is 2. The Hall–Kier alpha value is -3.05. The van der Waals surface area contributed by atoms with E-state index in [1.807, 2.05) is 0 Å². The van der Waals surface area contributed by atoms with Crippen LogP contribution in [0.4, 0.5) is 5.00 Å². The molecule has 0 fully saturated rings. The van der Waals surface area contributed by atoms with Gasteiger partial charge < -0.3 is 19.6 Å². The van der Waals surface area contributed by atoms with Gasteiger partial charge in [0.1, 0.15) is 11.1 Å². The van der Waals surface area contributed by atoms with Crippen LogP contribution in [0.1, 0.15) is 40.8 Å². The highest BCUT2D eigenvalue weighted by Crippen LogP contribution is 2.36. The number of nitriles is 1. The number of oxime groups is 1. The van der Waals surface area contributed by atoms with E-state index in [4.69, 9.17) is 14.3 Å². The van der Waals surface area contributed by atoms with Gasteiger partial charge in [0.05, 0.1) is 26.0 Å². The molecule has 8 heteroatoms. The minimum Gasteiger partial charge on any atom is -0.493 e. The van der Waals surface area contributed by atoms with Crippen molar-refractivity contribution in [2.75, 3.05) is 26.1 Å². The molecule has 0 saturated carbocycles. The number of thiophene rings is 1. The molecule has 152 valence electrons. The van der Waals surface area contributed by atoms with Crippen LogP contribution in [0.2, 0.25) is 0 Å². The van der Waals surface area contributed by atoms with Crippen molar-refractivity contribution in [2.45, 2.75) is 32.1 Å². The Bertz CT molecular complexity index is 946. The average Bonchev–Trinajstić information content (AvgIpc) is 2.89. The molecule has 0 atom stereocenters. The number of carbonyl (C=O) groups is 1. The van der Waals surface area contributed by atoms with E-state index in [9.17, 15) is 10.1 Å². The number of rotatable bonds is 7. The third-order valence-corrected chi connectivity index (χ3v) is 5.87. The first-order valence-electron chi connectivity index (χ1n) is 9.38. The lowest BCUT2D eigenvalue weighted by Gasteiger charge is -2.07. The molecule has 1 amide bonds. The van der Waals surface area contributed by atoms with Gasteiger partial charge in [-0.15, -0.1) is 11.3 Å². The maximum atomic E-state index is 12.2. The molecule has 29 heavy (non-hydrogen) atoms. The van der Waals surface area contributed by atoms with Crippen LogP contribution in [0.25, 0.3) is 0 Å². The van der Waals surface area contributed by atoms with Gasteiger partial charge in [-0.2, -0.15) is 5.26 Å². The van der Waals surface area contributed by atoms with Crippen LogP contribution in [0.3, 0.4) is 0 Å². The minimum atomic E-state index is -0.345. The van der Waals surface area contributed by atoms with Crippen LogP contribution in [0, 0.1) is 11.3 Å². The molecule has 0 unspecified atom stereocenters. The van der Waals surface area contributed by atoms with E-state index < -0.39 is 0 Å². The number of aryl methyl sites for hydroxylation is 1. The zero-order chi connectivity index (χ0) is 20.6. The number of fused-ring (bicyclic) bond motifs is 1. The molecule has 0 spiro atoms. The minimum absolute atomic E-state index is 0.239. The van der Waals surface area contributed by atoms with Crippen molar-refractivity contribution in [3.8, 4) is 17.6 Å². The number of nitrogens with zero attached hydrogens (tertiary/aromatic N) is 2. The predicted octanol–water partition coefficient (Wildman–Crippen LogP) is 3.90. The van der Waals surface area contributed by atoms with E-state index >= 15 is 0 Å². The Kier molecular flexibility index (Phi) is 7.09. The third-order valence-electron chi connectivity index (χ3n) is 4.67. The lowest BCUT2D eigenvalue weighted by Crippen LogP contribution is -2.17. The number of amides is 1. The van der Waals surface area contributed by atoms with Gasteiger partial charge in [-0.05, 0) is 49.4 Å². The van der Waals surface area contributed by atoms with Crippen molar-refractivity contribution >= 4 is 28.5 Å². The summed E-state index contributed by atoms with van der Waals surface area (Å²) in [6.45, 7) is -0.239. The highest BCUT2D eigenvalue weighted by atomic mass is 32.1. The molecule has 0 aliphatic heterocycles. The molecule has 1 aromatic carbocycles. The van der Waals surface area contributed by atoms with Gasteiger partial charge in [0.15, 0.2) is 18.1 Å². The van der Waals surface area contributed by atoms with Crippen LogP contribution >= 0.6 is 11.3 Å². The van der Waals surface area contributed by atoms with E-state index in [1.165, 1.54) is 28.8 Å². The van der Waals surface area contributed by atoms with Crippen LogP contribution in [-0.2, 0) is 22.5 Å². The van der Waals surface area contributed by atoms with Gasteiger partial charge >= 0.3 is 0 Å². The number of benzene rings is 1. The van der Waals surface area contributed by atoms with Gasteiger partial charge in [0, 0.05) is 10.4 Å². The number of hydrogen-bond acceptors (Lipinski definition) is 7. The highest BCUT2D eigenvalue weighted by Gasteiger charge is 2.21. The zero-order valence-electron chi connectivity index (χ0n) is 16.5. The summed E-state index contributed by atoms with van der Waals surface area (Å²) in [6, 6.07) is 7.56. The summed E-state index contributed by atoms with van der Waals surface area (Å²) in [4.78, 5) is 18.5. The second kappa shape index (κ2) is 9.94. The van der Waals surface area contributed by atoms with Gasteiger partial charge in [0.25, 0.3) is 5.91 Å². The Balaban J connectivity index is 1.57. The van der Waals surface area contributed by atoms with Crippen molar-refractivity contribution in [1.29, 1.82) is 5.26 Å². The smallest absolute Gasteiger partial charge is 0.265 e. The van der Waals surface area contributed by atoms with Crippen LogP contribution in [0.15, 0.2) is 23.4 Å². The number of nitrogens with one attached hydrogen (secondary N) is 1. The number of anilines is 1. The molecular weight excluding hydrogens is 390 g/mol. The second-order valence-electron chi connectivity index (χ2n) is 6.55. The molecular formula is C21H23N3O4S. The quantitative estimate of drug-likeness (QED) is 0.422. The van der Waals surface area contributed by atoms with Gasteiger partial charge in [0.2, 0.25) is 0 Å². The van der Waals surface area contributed by atoms with Crippen LogP contribution in [-0.4, -0.2) is 32.9 Å². The maximum Gasteiger partial charge on any atom is 0.265 e. The van der Waals surface area contributed by atoms with Crippen LogP contribution < -0.4 is 14.8 Å². The molecule has 1 heterocycles. The summed E-state index contributed by atoms with van der Waals surface area (Å²) in [6.07, 6.45) is 6.75. The Labute approximate surface area is 173 Å². The highest BCUT2D eigenvalue weighted by molar-refractivity contribution is 7.16. The normalized spacial score (nSPS) is 13.3. The van der Waals surface area contributed by atoms with E-state index in [0.717, 1.165) is 36.8 Å². The predicted molar refractivity (Wildman–Crippen MR) is 112 cm³/mol. The zero-order valence-corrected chi connectivity index (χ0v) is 17.3. The van der Waals surface area contributed by atoms with Crippen molar-refractivity contribution < 1.29 is 19.1 Å². The topological polar surface area (TPSA) is 92.9 Å². The summed E-state index contributed by atoms with van der Waals surface area (Å²) in [5.74, 6) is 0.852. The maximum absolute atomic E-state index is 12.2. The monoisotopic (exact) mass is 413 g/mol. The van der Waals surface area contributed by atoms with Crippen molar-refractivity contribution in [2.24, 2.45) is 5.16 Å². The van der Waals surface area contributed by atoms with Crippen LogP contribution in [0.5, 0.6) is 11.5 Å². The van der Waals surface area contributed by atoms with Gasteiger partial charge in [-0.25, -0.2) is 0 Å². The van der Waals surface area contributed by atoms with Gasteiger partial charge in [-0.3, -0.25) is 4.79 Å². The first kappa shape index (κ1) is 20.7. The summed E-state index contributed by atoms with van der Waals surface area (Å²) in [5, 5.41) is 16.8. The SMILES string of the molecule is COc1ccc(C=NOCC(=O)Nc2sc3c(c2C#N)CCCCC3)cc1OC. The Morgan fingerprint density at radius 3 is 2.79 bits per heavy atom. The third kappa shape index (κ3) is 5.06. The van der Waals surface area contributed by atoms with E-state index in [0.29, 0.717) is 22.1 Å². The molecule has 0 saturated heterocycles. The summed E-state index contributed by atoms with van der Waals surface area (Å²) in [7, 11) is 3.12. The first-order chi connectivity index (χ1) is 14.2. The largest absolute Gasteiger partial charge is 0.493 e. The van der Waals surface area contributed by atoms with E-state index in [2.05, 4.69) is 16.5 Å². The molecule has 0 bridgehead atoms. The standard InChI is InChI=1S/C21H23N3O4S/c1-26-17-9-8-14(10-18(17)27-2)12-23-28-13-20(25)24-21-16(11-22)15-6-4-3-5-7-19(15)29-21/h8-10,12H,3-7,13H2,1-2H3,(H,24,25). The fourth-order valence-electron chi connectivity index (χ4n) is 3.24. The van der Waals surface area contributed by atoms with Crippen molar-refractivity contribution in [1.82, 2.24) is 0 Å². The fourth-order valence-corrected chi connectivity index (χ4v) is 4.49. The van der Waals surface area contributed by atoms with Gasteiger partial charge in [-0.1, -0.05) is 11.6 Å². The van der Waals surface area contributed by atoms with E-state index in [-0.39, 0.29) is 12.5 Å². The lowest BCUT2D eigenvalue weighted by atomic mass is 10.1. The number of carbonyl (C=O) groups excluding carboxylic acids is 1. The molecule has 1 N–H and O–H groups in total. The van der Waals surface area contributed by atoms with Crippen molar-refractivity contribution in [3.63, 3.8) is 0 Å². The van der Waals surface area contributed by atoms with E-state index in [1.54, 1.807) is 32.4 Å². The number of hydrogen-bond donors (Lipinski definition) is 1. The molecule has 3 rings (SSSR count). The van der Waals surface area contributed by atoms with Crippen molar-refractivity contribution in [3.05, 3.63) is 39.8 Å². The average molecular weight is 413 g/mol. The molecule has 2 aromatic rings. The molecule has 1 aliphatic rings. The molecule has 0 radical (unpaired) electrons. The lowest BCUT2D eigenvalue weighted by molar-refractivity contribution is -0.120. The summed E-state index contributed by atoms with van der Waals surface area (Å²) >= 11 is 1.50. The first-order valence-corrected chi connectivity index (χ1v) is 10.2. The Morgan fingerprint density at radius 1 is 1.24 bits per heavy atom.